The fraction of sp³-hybridized carbons (Fsp3) is 0.216. The summed E-state index contributed by atoms with van der Waals surface area (Å²) in [7, 11) is 0. The van der Waals surface area contributed by atoms with Gasteiger partial charge in [-0.2, -0.15) is 0 Å². The van der Waals surface area contributed by atoms with Crippen molar-refractivity contribution in [2.45, 2.75) is 63.9 Å². The summed E-state index contributed by atoms with van der Waals surface area (Å²) in [6, 6.07) is 41.7. The average Bonchev–Trinajstić information content (AvgIpc) is 3.22. The summed E-state index contributed by atoms with van der Waals surface area (Å²) >= 11 is 0. The predicted octanol–water partition coefficient (Wildman–Crippen LogP) is 13.4. The molecule has 1 aliphatic heterocycles. The van der Waals surface area contributed by atoms with Crippen LogP contribution in [-0.2, 0) is 4.74 Å². The molecule has 4 aromatic carbocycles. The van der Waals surface area contributed by atoms with Crippen molar-refractivity contribution < 1.29 is 9.84 Å². The molecule has 2 unspecified atom stereocenters. The minimum absolute atomic E-state index is 0.0337. The van der Waals surface area contributed by atoms with E-state index in [1.165, 1.54) is 45.4 Å². The van der Waals surface area contributed by atoms with E-state index < -0.39 is 0 Å². The van der Waals surface area contributed by atoms with Crippen molar-refractivity contribution in [1.82, 2.24) is 0 Å². The molecular weight excluding hydrogens is 645 g/mol. The van der Waals surface area contributed by atoms with E-state index in [4.69, 9.17) is 4.74 Å². The molecule has 53 heavy (non-hydrogen) atoms. The van der Waals surface area contributed by atoms with E-state index in [-0.39, 0.29) is 11.9 Å². The van der Waals surface area contributed by atoms with Crippen molar-refractivity contribution >= 4 is 22.7 Å². The Kier molecular flexibility index (Phi) is 10.4. The van der Waals surface area contributed by atoms with Gasteiger partial charge in [-0.05, 0) is 120 Å². The summed E-state index contributed by atoms with van der Waals surface area (Å²) in [5, 5.41) is 11.2. The number of allylic oxidation sites excluding steroid dienone is 11. The number of rotatable bonds is 7. The minimum atomic E-state index is 0.0337. The number of benzene rings is 4. The number of fused-ring (bicyclic) bond motifs is 1. The summed E-state index contributed by atoms with van der Waals surface area (Å²) in [5.41, 5.74) is 14.6. The molecule has 2 heteroatoms. The molecule has 264 valence electrons. The molecule has 2 atom stereocenters. The lowest BCUT2D eigenvalue weighted by molar-refractivity contribution is 0.131. The molecular formula is C51H48O2. The smallest absolute Gasteiger partial charge is 0.128 e. The van der Waals surface area contributed by atoms with Crippen LogP contribution in [-0.4, -0.2) is 11.2 Å². The first-order valence-corrected chi connectivity index (χ1v) is 19.4. The van der Waals surface area contributed by atoms with Gasteiger partial charge in [0.1, 0.15) is 17.6 Å². The van der Waals surface area contributed by atoms with E-state index in [1.807, 2.05) is 42.5 Å². The molecule has 8 rings (SSSR count). The third-order valence-electron chi connectivity index (χ3n) is 11.2. The van der Waals surface area contributed by atoms with E-state index in [2.05, 4.69) is 116 Å². The Morgan fingerprint density at radius 2 is 1.30 bits per heavy atom. The van der Waals surface area contributed by atoms with Crippen LogP contribution in [0.5, 0.6) is 0 Å². The number of hydrogen-bond acceptors (Lipinski definition) is 2. The highest BCUT2D eigenvalue weighted by molar-refractivity contribution is 5.87. The lowest BCUT2D eigenvalue weighted by Gasteiger charge is -2.38. The molecule has 2 fully saturated rings. The van der Waals surface area contributed by atoms with E-state index in [9.17, 15) is 5.11 Å². The standard InChI is InChI=1S/C51H48O2/c1-36-43(27-15-29-45(36)47(39-19-6-2-7-20-39)34-49(52)41-23-10-4-11-24-41)32-37-17-14-18-38(31-37)33-44-28-16-30-46-48(40-21-8-3-9-22-40)35-50(53-51(44)46)42-25-12-5-13-26-42/h2-13,19-26,31-35,44,51-52H,1,14-18,27-30H2/b38-33-,43-32+,47-45+,49-34-. The Morgan fingerprint density at radius 1 is 0.660 bits per heavy atom. The van der Waals surface area contributed by atoms with Crippen LogP contribution in [0.25, 0.3) is 22.7 Å². The second-order valence-electron chi connectivity index (χ2n) is 14.7. The van der Waals surface area contributed by atoms with Crippen molar-refractivity contribution in [2.24, 2.45) is 5.92 Å². The van der Waals surface area contributed by atoms with Gasteiger partial charge in [-0.25, -0.2) is 0 Å². The quantitative estimate of drug-likeness (QED) is 0.195. The normalized spacial score (nSPS) is 23.2. The van der Waals surface area contributed by atoms with Crippen LogP contribution in [0.4, 0.5) is 0 Å². The molecule has 3 aliphatic carbocycles. The lowest BCUT2D eigenvalue weighted by atomic mass is 9.76. The van der Waals surface area contributed by atoms with Crippen LogP contribution >= 0.6 is 0 Å². The van der Waals surface area contributed by atoms with Crippen LogP contribution in [0.1, 0.15) is 80.0 Å². The van der Waals surface area contributed by atoms with Crippen molar-refractivity contribution in [3.8, 4) is 0 Å². The number of aliphatic hydroxyl groups excluding tert-OH is 1. The van der Waals surface area contributed by atoms with E-state index in [1.54, 1.807) is 0 Å². The second-order valence-corrected chi connectivity index (χ2v) is 14.7. The summed E-state index contributed by atoms with van der Waals surface area (Å²) in [6.45, 7) is 4.69. The Hall–Kier alpha value is -5.60. The van der Waals surface area contributed by atoms with Crippen LogP contribution in [0, 0.1) is 5.92 Å². The zero-order valence-corrected chi connectivity index (χ0v) is 30.5. The highest BCUT2D eigenvalue weighted by Gasteiger charge is 2.35. The zero-order valence-electron chi connectivity index (χ0n) is 30.5. The van der Waals surface area contributed by atoms with Gasteiger partial charge in [0.25, 0.3) is 0 Å². The number of ether oxygens (including phenoxy) is 1. The third-order valence-corrected chi connectivity index (χ3v) is 11.2. The maximum absolute atomic E-state index is 11.2. The largest absolute Gasteiger partial charge is 0.507 e. The fourth-order valence-corrected chi connectivity index (χ4v) is 8.55. The molecule has 1 heterocycles. The maximum atomic E-state index is 11.2. The van der Waals surface area contributed by atoms with Gasteiger partial charge in [-0.1, -0.05) is 152 Å². The summed E-state index contributed by atoms with van der Waals surface area (Å²) in [6.07, 6.45) is 21.4. The molecule has 1 N–H and O–H groups in total. The molecule has 2 nitrogen and oxygen atoms in total. The van der Waals surface area contributed by atoms with Crippen LogP contribution in [0.15, 0.2) is 192 Å². The molecule has 0 spiro atoms. The van der Waals surface area contributed by atoms with Gasteiger partial charge >= 0.3 is 0 Å². The first kappa shape index (κ1) is 34.5. The molecule has 0 bridgehead atoms. The molecule has 2 saturated carbocycles. The second kappa shape index (κ2) is 16.0. The Balaban J connectivity index is 1.10. The Labute approximate surface area is 315 Å². The fourth-order valence-electron chi connectivity index (χ4n) is 8.55. The Bertz CT molecular complexity index is 2170. The summed E-state index contributed by atoms with van der Waals surface area (Å²) < 4.78 is 6.96. The van der Waals surface area contributed by atoms with E-state index >= 15 is 0 Å². The van der Waals surface area contributed by atoms with E-state index in [0.29, 0.717) is 5.92 Å². The van der Waals surface area contributed by atoms with Gasteiger partial charge in [-0.15, -0.1) is 0 Å². The third kappa shape index (κ3) is 7.78. The number of aliphatic hydroxyl groups is 1. The highest BCUT2D eigenvalue weighted by atomic mass is 16.5. The van der Waals surface area contributed by atoms with Crippen molar-refractivity contribution in [3.63, 3.8) is 0 Å². The van der Waals surface area contributed by atoms with E-state index in [0.717, 1.165) is 85.0 Å². The number of hydrogen-bond donors (Lipinski definition) is 1. The maximum Gasteiger partial charge on any atom is 0.128 e. The minimum Gasteiger partial charge on any atom is -0.507 e. The summed E-state index contributed by atoms with van der Waals surface area (Å²) in [5.74, 6) is 1.56. The monoisotopic (exact) mass is 692 g/mol. The van der Waals surface area contributed by atoms with Crippen LogP contribution in [0.3, 0.4) is 0 Å². The molecule has 4 aliphatic rings. The van der Waals surface area contributed by atoms with Crippen molar-refractivity contribution in [3.05, 3.63) is 214 Å². The molecule has 0 radical (unpaired) electrons. The highest BCUT2D eigenvalue weighted by Crippen LogP contribution is 2.45. The van der Waals surface area contributed by atoms with Crippen molar-refractivity contribution in [2.75, 3.05) is 0 Å². The molecule has 4 aromatic rings. The Morgan fingerprint density at radius 3 is 2.02 bits per heavy atom. The van der Waals surface area contributed by atoms with Gasteiger partial charge in [0, 0.05) is 17.0 Å². The average molecular weight is 693 g/mol. The predicted molar refractivity (Wildman–Crippen MR) is 221 cm³/mol. The molecule has 0 amide bonds. The van der Waals surface area contributed by atoms with Crippen LogP contribution in [0.2, 0.25) is 0 Å². The lowest BCUT2D eigenvalue weighted by Crippen LogP contribution is -2.31. The van der Waals surface area contributed by atoms with Crippen molar-refractivity contribution in [1.29, 1.82) is 0 Å². The molecule has 0 aromatic heterocycles. The first-order chi connectivity index (χ1) is 26.1. The zero-order chi connectivity index (χ0) is 36.0. The SMILES string of the molecule is C=C1/C(=C/C2=CC(=C\C3CCCC4=C(c5ccccc5)C=C(c5ccccc5)OC43)/CCC2)CCC/C1=C(/C=C(\O)c1ccccc1)c1ccccc1. The topological polar surface area (TPSA) is 29.5 Å². The van der Waals surface area contributed by atoms with Gasteiger partial charge in [-0.3, -0.25) is 0 Å². The van der Waals surface area contributed by atoms with Gasteiger partial charge in [0.05, 0.1) is 0 Å². The van der Waals surface area contributed by atoms with Crippen LogP contribution < -0.4 is 0 Å². The first-order valence-electron chi connectivity index (χ1n) is 19.4. The molecule has 0 saturated heterocycles. The van der Waals surface area contributed by atoms with Gasteiger partial charge in [0.15, 0.2) is 0 Å². The van der Waals surface area contributed by atoms with Gasteiger partial charge in [0.2, 0.25) is 0 Å². The van der Waals surface area contributed by atoms with Gasteiger partial charge < -0.3 is 9.84 Å². The summed E-state index contributed by atoms with van der Waals surface area (Å²) in [4.78, 5) is 0.